The summed E-state index contributed by atoms with van der Waals surface area (Å²) in [5.74, 6) is 0.131. The molecule has 2 aromatic rings. The van der Waals surface area contributed by atoms with Crippen molar-refractivity contribution < 1.29 is 26.3 Å². The van der Waals surface area contributed by atoms with Gasteiger partial charge in [-0.3, -0.25) is 0 Å². The third-order valence-electron chi connectivity index (χ3n) is 3.46. The van der Waals surface area contributed by atoms with Crippen LogP contribution < -0.4 is 9.46 Å². The number of sulfonamides is 1. The Labute approximate surface area is 152 Å². The highest BCUT2D eigenvalue weighted by Gasteiger charge is 2.31. The number of methoxy groups -OCH3 is 1. The second-order valence-corrected chi connectivity index (χ2v) is 7.86. The Balaban J connectivity index is 2.34. The van der Waals surface area contributed by atoms with E-state index in [0.717, 1.165) is 12.1 Å². The van der Waals surface area contributed by atoms with Crippen molar-refractivity contribution in [1.82, 2.24) is 4.72 Å². The molecule has 0 heterocycles. The third-order valence-corrected chi connectivity index (χ3v) is 5.52. The summed E-state index contributed by atoms with van der Waals surface area (Å²) < 4.78 is 71.6. The molecule has 0 fully saturated rings. The van der Waals surface area contributed by atoms with Crippen molar-refractivity contribution in [2.24, 2.45) is 0 Å². The largest absolute Gasteiger partial charge is 0.495 e. The van der Waals surface area contributed by atoms with Gasteiger partial charge in [0.1, 0.15) is 10.6 Å². The molecule has 2 aromatic carbocycles. The van der Waals surface area contributed by atoms with Crippen LogP contribution in [0, 0.1) is 0 Å². The molecule has 0 saturated heterocycles. The highest BCUT2D eigenvalue weighted by atomic mass is 79.9. The fourth-order valence-corrected chi connectivity index (χ4v) is 4.15. The first-order chi connectivity index (χ1) is 11.5. The Kier molecular flexibility index (Phi) is 5.80. The van der Waals surface area contributed by atoms with E-state index in [4.69, 9.17) is 4.74 Å². The lowest BCUT2D eigenvalue weighted by molar-refractivity contribution is -0.137. The Morgan fingerprint density at radius 1 is 1.16 bits per heavy atom. The topological polar surface area (TPSA) is 55.4 Å². The van der Waals surface area contributed by atoms with Crippen LogP contribution in [-0.2, 0) is 16.2 Å². The highest BCUT2D eigenvalue weighted by molar-refractivity contribution is 9.10. The summed E-state index contributed by atoms with van der Waals surface area (Å²) in [6.45, 7) is 1.47. The van der Waals surface area contributed by atoms with Gasteiger partial charge in [-0.15, -0.1) is 0 Å². The van der Waals surface area contributed by atoms with Gasteiger partial charge in [-0.05, 0) is 42.8 Å². The van der Waals surface area contributed by atoms with Crippen LogP contribution in [0.5, 0.6) is 5.75 Å². The predicted molar refractivity (Wildman–Crippen MR) is 90.9 cm³/mol. The number of rotatable bonds is 5. The molecule has 9 heteroatoms. The molecule has 0 saturated carbocycles. The van der Waals surface area contributed by atoms with Crippen molar-refractivity contribution in [2.75, 3.05) is 7.11 Å². The molecule has 0 aromatic heterocycles. The van der Waals surface area contributed by atoms with E-state index in [9.17, 15) is 21.6 Å². The predicted octanol–water partition coefficient (Wildman–Crippen LogP) is 4.52. The van der Waals surface area contributed by atoms with Crippen molar-refractivity contribution in [3.63, 3.8) is 0 Å². The molecule has 1 N–H and O–H groups in total. The molecule has 0 aliphatic rings. The monoisotopic (exact) mass is 437 g/mol. The lowest BCUT2D eigenvalue weighted by Crippen LogP contribution is -2.27. The molecule has 1 unspecified atom stereocenters. The van der Waals surface area contributed by atoms with Gasteiger partial charge in [0.25, 0.3) is 0 Å². The Hall–Kier alpha value is -1.58. The summed E-state index contributed by atoms with van der Waals surface area (Å²) in [6.07, 6.45) is -4.50. The molecule has 0 aliphatic heterocycles. The zero-order chi connectivity index (χ0) is 18.8. The van der Waals surface area contributed by atoms with E-state index in [1.165, 1.54) is 38.3 Å². The molecule has 25 heavy (non-hydrogen) atoms. The molecule has 0 radical (unpaired) electrons. The van der Waals surface area contributed by atoms with Crippen molar-refractivity contribution in [1.29, 1.82) is 0 Å². The van der Waals surface area contributed by atoms with Crippen molar-refractivity contribution in [3.8, 4) is 5.75 Å². The minimum Gasteiger partial charge on any atom is -0.495 e. The minimum absolute atomic E-state index is 0.108. The van der Waals surface area contributed by atoms with Gasteiger partial charge < -0.3 is 4.74 Å². The average Bonchev–Trinajstić information content (AvgIpc) is 2.53. The second-order valence-electron chi connectivity index (χ2n) is 5.26. The van der Waals surface area contributed by atoms with Crippen LogP contribution in [0.3, 0.4) is 0 Å². The fourth-order valence-electron chi connectivity index (χ4n) is 2.21. The summed E-state index contributed by atoms with van der Waals surface area (Å²) in [6, 6.07) is 8.12. The Bertz CT molecular complexity index is 869. The molecule has 0 aliphatic carbocycles. The van der Waals surface area contributed by atoms with Crippen LogP contribution in [0.15, 0.2) is 51.8 Å². The Morgan fingerprint density at radius 3 is 2.44 bits per heavy atom. The summed E-state index contributed by atoms with van der Waals surface area (Å²) >= 11 is 3.19. The zero-order valence-electron chi connectivity index (χ0n) is 13.3. The molecule has 1 atom stereocenters. The van der Waals surface area contributed by atoms with Gasteiger partial charge in [0.2, 0.25) is 10.0 Å². The van der Waals surface area contributed by atoms with E-state index in [1.54, 1.807) is 6.07 Å². The van der Waals surface area contributed by atoms with Gasteiger partial charge in [0.05, 0.1) is 12.7 Å². The van der Waals surface area contributed by atoms with E-state index in [-0.39, 0.29) is 16.2 Å². The summed E-state index contributed by atoms with van der Waals surface area (Å²) in [4.78, 5) is -0.108. The molecule has 2 rings (SSSR count). The minimum atomic E-state index is -4.50. The standard InChI is InChI=1S/C16H15BrF3NO3S/c1-10(11-4-3-5-12(8-11)16(18,19)20)21-25(22,23)15-9-13(17)6-7-14(15)24-2/h3-10,21H,1-2H3. The number of alkyl halides is 3. The number of ether oxygens (including phenoxy) is 1. The number of benzene rings is 2. The molecule has 0 spiro atoms. The molecule has 136 valence electrons. The van der Waals surface area contributed by atoms with Crippen LogP contribution in [0.2, 0.25) is 0 Å². The number of hydrogen-bond acceptors (Lipinski definition) is 3. The van der Waals surface area contributed by atoms with Gasteiger partial charge in [-0.25, -0.2) is 13.1 Å². The van der Waals surface area contributed by atoms with Gasteiger partial charge in [-0.2, -0.15) is 13.2 Å². The van der Waals surface area contributed by atoms with Gasteiger partial charge in [0, 0.05) is 10.5 Å². The average molecular weight is 438 g/mol. The van der Waals surface area contributed by atoms with E-state index < -0.39 is 27.8 Å². The first-order valence-electron chi connectivity index (χ1n) is 7.07. The van der Waals surface area contributed by atoms with Crippen molar-refractivity contribution in [3.05, 3.63) is 58.1 Å². The molecule has 0 bridgehead atoms. The fraction of sp³-hybridized carbons (Fsp3) is 0.250. The molecular formula is C16H15BrF3NO3S. The normalized spacial score (nSPS) is 13.5. The van der Waals surface area contributed by atoms with Crippen LogP contribution in [-0.4, -0.2) is 15.5 Å². The molecule has 4 nitrogen and oxygen atoms in total. The zero-order valence-corrected chi connectivity index (χ0v) is 15.7. The van der Waals surface area contributed by atoms with E-state index in [1.807, 2.05) is 0 Å². The van der Waals surface area contributed by atoms with Crippen LogP contribution in [0.1, 0.15) is 24.1 Å². The lowest BCUT2D eigenvalue weighted by atomic mass is 10.1. The van der Waals surface area contributed by atoms with Crippen LogP contribution in [0.25, 0.3) is 0 Å². The van der Waals surface area contributed by atoms with Gasteiger partial charge in [-0.1, -0.05) is 28.1 Å². The smallest absolute Gasteiger partial charge is 0.416 e. The van der Waals surface area contributed by atoms with Crippen LogP contribution in [0.4, 0.5) is 13.2 Å². The second kappa shape index (κ2) is 7.35. The maximum absolute atomic E-state index is 12.8. The summed E-state index contributed by atoms with van der Waals surface area (Å²) in [7, 11) is -2.68. The van der Waals surface area contributed by atoms with E-state index in [2.05, 4.69) is 20.7 Å². The first kappa shape index (κ1) is 19.7. The SMILES string of the molecule is COc1ccc(Br)cc1S(=O)(=O)NC(C)c1cccc(C(F)(F)F)c1. The number of halogens is 4. The van der Waals surface area contributed by atoms with Crippen LogP contribution >= 0.6 is 15.9 Å². The molecule has 0 amide bonds. The van der Waals surface area contributed by atoms with E-state index >= 15 is 0 Å². The quantitative estimate of drug-likeness (QED) is 0.747. The maximum atomic E-state index is 12.8. The van der Waals surface area contributed by atoms with Crippen molar-refractivity contribution >= 4 is 26.0 Å². The third kappa shape index (κ3) is 4.74. The molecular weight excluding hydrogens is 423 g/mol. The summed E-state index contributed by atoms with van der Waals surface area (Å²) in [5.41, 5.74) is -0.636. The highest BCUT2D eigenvalue weighted by Crippen LogP contribution is 2.32. The van der Waals surface area contributed by atoms with E-state index in [0.29, 0.717) is 4.47 Å². The first-order valence-corrected chi connectivity index (χ1v) is 9.35. The number of nitrogens with one attached hydrogen (secondary N) is 1. The maximum Gasteiger partial charge on any atom is 0.416 e. The van der Waals surface area contributed by atoms with Gasteiger partial charge in [0.15, 0.2) is 0 Å². The summed E-state index contributed by atoms with van der Waals surface area (Å²) in [5, 5.41) is 0. The van der Waals surface area contributed by atoms with Gasteiger partial charge >= 0.3 is 6.18 Å². The lowest BCUT2D eigenvalue weighted by Gasteiger charge is -2.17. The van der Waals surface area contributed by atoms with Crippen molar-refractivity contribution in [2.45, 2.75) is 24.0 Å². The number of hydrogen-bond donors (Lipinski definition) is 1. The Morgan fingerprint density at radius 2 is 1.84 bits per heavy atom.